The maximum Gasteiger partial charge on any atom is 0.407 e. The summed E-state index contributed by atoms with van der Waals surface area (Å²) in [7, 11) is 1.31. The van der Waals surface area contributed by atoms with Gasteiger partial charge in [-0.15, -0.1) is 0 Å². The molecule has 11 unspecified atom stereocenters. The van der Waals surface area contributed by atoms with Crippen LogP contribution in [0.5, 0.6) is 11.5 Å². The Balaban J connectivity index is 1.61. The molecule has 2 amide bonds. The number of rotatable bonds is 24. The smallest absolute Gasteiger partial charge is 0.407 e. The number of benzene rings is 1. The Morgan fingerprint density at radius 2 is 1.40 bits per heavy atom. The number of nitrogens with one attached hydrogen (secondary N) is 2. The zero-order valence-electron chi connectivity index (χ0n) is 36.9. The molecule has 3 saturated heterocycles. The second-order valence-electron chi connectivity index (χ2n) is 16.4. The molecule has 3 aliphatic rings. The van der Waals surface area contributed by atoms with Crippen LogP contribution in [-0.2, 0) is 58.9 Å². The number of carbonyl (C=O) groups excluding carboxylic acids is 3. The summed E-state index contributed by atoms with van der Waals surface area (Å²) >= 11 is 0. The van der Waals surface area contributed by atoms with Crippen molar-refractivity contribution in [3.8, 4) is 11.5 Å². The van der Waals surface area contributed by atoms with Gasteiger partial charge in [0.2, 0.25) is 5.91 Å². The third kappa shape index (κ3) is 14.9. The molecule has 1 aromatic carbocycles. The molecule has 382 valence electrons. The van der Waals surface area contributed by atoms with E-state index in [4.69, 9.17) is 33.2 Å². The molecule has 0 aromatic heterocycles. The van der Waals surface area contributed by atoms with Crippen LogP contribution in [0.4, 0.5) is 4.79 Å². The minimum Gasteiger partial charge on any atom is -0.508 e. The first-order valence-electron chi connectivity index (χ1n) is 21.7. The summed E-state index contributed by atoms with van der Waals surface area (Å²) in [5.74, 6) is -6.90. The summed E-state index contributed by atoms with van der Waals surface area (Å²) in [4.78, 5) is 49.8. The molecule has 4 rings (SSSR count). The molecule has 14 N–H and O–H groups in total. The first kappa shape index (κ1) is 55.5. The maximum absolute atomic E-state index is 13.4. The van der Waals surface area contributed by atoms with Gasteiger partial charge in [0.15, 0.2) is 12.6 Å². The van der Waals surface area contributed by atoms with Crippen LogP contribution in [0.15, 0.2) is 18.2 Å². The molecular formula is C41H64N2O24. The van der Waals surface area contributed by atoms with Gasteiger partial charge in [-0.2, -0.15) is 0 Å². The number of unbranched alkanes of at least 4 members (excludes halogenated alkanes) is 5. The van der Waals surface area contributed by atoms with Crippen molar-refractivity contribution in [2.45, 2.75) is 162 Å². The van der Waals surface area contributed by atoms with E-state index < -0.39 is 148 Å². The number of carboxylic acid groups (broad SMARTS) is 1. The van der Waals surface area contributed by atoms with Crippen LogP contribution < -0.4 is 10.6 Å². The number of phenols is 2. The number of phenolic OH excluding ortho intramolecular Hbond substituents is 2. The molecule has 3 fully saturated rings. The summed E-state index contributed by atoms with van der Waals surface area (Å²) in [6.45, 7) is -2.49. The molecule has 0 spiro atoms. The number of amides is 2. The fourth-order valence-electron chi connectivity index (χ4n) is 7.90. The molecule has 0 bridgehead atoms. The van der Waals surface area contributed by atoms with E-state index in [1.54, 1.807) is 0 Å². The number of hydrogen-bond acceptors (Lipinski definition) is 23. The number of carbonyl (C=O) groups is 4. The summed E-state index contributed by atoms with van der Waals surface area (Å²) in [5.41, 5.74) is 0.154. The van der Waals surface area contributed by atoms with E-state index in [9.17, 15) is 80.5 Å². The Morgan fingerprint density at radius 3 is 1.99 bits per heavy atom. The molecule has 16 atom stereocenters. The van der Waals surface area contributed by atoms with Crippen molar-refractivity contribution in [2.24, 2.45) is 0 Å². The molecule has 3 heterocycles. The van der Waals surface area contributed by atoms with Gasteiger partial charge in [0.05, 0.1) is 39.1 Å². The highest BCUT2D eigenvalue weighted by Crippen LogP contribution is 2.38. The van der Waals surface area contributed by atoms with Gasteiger partial charge in [0.25, 0.3) is 5.79 Å². The summed E-state index contributed by atoms with van der Waals surface area (Å²) in [6.07, 6.45) is -23.3. The van der Waals surface area contributed by atoms with Gasteiger partial charge in [0, 0.05) is 32.4 Å². The lowest BCUT2D eigenvalue weighted by molar-refractivity contribution is -0.381. The number of ether oxygens (including phenoxy) is 8. The standard InChI is InChI=1S/C41H64N2O24/c1-19(47)42-28-23(50)14-41(39(57)58,66-35(28)30(53)24(51)15-44)67-36-32(55)26(17-46)64-38(33(36)56)65-34-29(43-40(59)62-18-20-11-21(48)13-22(49)12-20)37(63-25(16-45)31(34)54)61-10-8-6-4-3-5-7-9-27(52)60-2/h11-13,23-26,28-38,44-46,48-51,53-56H,3-10,14-18H2,1-2H3,(H,42,47)(H,43,59)(H,57,58)/t23?,24?,25?,26?,28-,29?,30?,31+,32-,33?,34?,35?,36?,37-,38?,41+/m1/s1. The highest BCUT2D eigenvalue weighted by Gasteiger charge is 2.60. The van der Waals surface area contributed by atoms with E-state index in [1.165, 1.54) is 19.2 Å². The van der Waals surface area contributed by atoms with Crippen LogP contribution in [-0.4, -0.2) is 216 Å². The normalized spacial score (nSPS) is 33.0. The molecule has 0 radical (unpaired) electrons. The van der Waals surface area contributed by atoms with Gasteiger partial charge in [0.1, 0.15) is 85.2 Å². The molecule has 26 nitrogen and oxygen atoms in total. The number of aromatic hydroxyl groups is 2. The average Bonchev–Trinajstić information content (AvgIpc) is 3.28. The van der Waals surface area contributed by atoms with E-state index >= 15 is 0 Å². The first-order chi connectivity index (χ1) is 31.8. The van der Waals surface area contributed by atoms with Gasteiger partial charge in [-0.1, -0.05) is 25.7 Å². The van der Waals surface area contributed by atoms with Crippen LogP contribution in [0.25, 0.3) is 0 Å². The van der Waals surface area contributed by atoms with Crippen LogP contribution >= 0.6 is 0 Å². The van der Waals surface area contributed by atoms with Gasteiger partial charge >= 0.3 is 18.0 Å². The minimum absolute atomic E-state index is 0.0161. The molecule has 1 aromatic rings. The molecule has 0 aliphatic carbocycles. The van der Waals surface area contributed by atoms with Gasteiger partial charge in [-0.25, -0.2) is 9.59 Å². The third-order valence-electron chi connectivity index (χ3n) is 11.4. The van der Waals surface area contributed by atoms with Gasteiger partial charge in [-0.05, 0) is 30.5 Å². The van der Waals surface area contributed by atoms with E-state index in [2.05, 4.69) is 15.4 Å². The largest absolute Gasteiger partial charge is 0.508 e. The lowest BCUT2D eigenvalue weighted by atomic mass is 9.88. The number of esters is 1. The van der Waals surface area contributed by atoms with Gasteiger partial charge < -0.3 is 110 Å². The Morgan fingerprint density at radius 1 is 0.806 bits per heavy atom. The number of carboxylic acids is 1. The summed E-state index contributed by atoms with van der Waals surface area (Å²) < 4.78 is 44.9. The number of aliphatic hydroxyl groups is 9. The summed E-state index contributed by atoms with van der Waals surface area (Å²) in [5, 5.41) is 132. The number of hydrogen-bond donors (Lipinski definition) is 14. The monoisotopic (exact) mass is 968 g/mol. The van der Waals surface area contributed by atoms with Crippen LogP contribution in [0.3, 0.4) is 0 Å². The van der Waals surface area contributed by atoms with Crippen LogP contribution in [0.2, 0.25) is 0 Å². The number of aliphatic carboxylic acids is 1. The van der Waals surface area contributed by atoms with E-state index in [0.29, 0.717) is 19.3 Å². The van der Waals surface area contributed by atoms with Crippen molar-refractivity contribution in [3.63, 3.8) is 0 Å². The van der Waals surface area contributed by atoms with Crippen molar-refractivity contribution in [1.29, 1.82) is 0 Å². The summed E-state index contributed by atoms with van der Waals surface area (Å²) in [6, 6.07) is 0.226. The molecule has 67 heavy (non-hydrogen) atoms. The third-order valence-corrected chi connectivity index (χ3v) is 11.4. The number of aliphatic hydroxyl groups excluding tert-OH is 9. The predicted molar refractivity (Wildman–Crippen MR) is 219 cm³/mol. The zero-order valence-corrected chi connectivity index (χ0v) is 36.9. The SMILES string of the molecule is COC(=O)CCCCCCCCO[C@@H]1OC(CO)[C@H](O)C(OC2OC(CO)[C@@H](O)C(O[C@]3(C(=O)O)CC(O)[C@@H](NC(C)=O)C(C(O)C(O)CO)O3)C2O)C1NC(=O)OCc1cc(O)cc(O)c1. The lowest BCUT2D eigenvalue weighted by Crippen LogP contribution is -2.71. The Kier molecular flexibility index (Phi) is 21.6. The van der Waals surface area contributed by atoms with Gasteiger partial charge in [-0.3, -0.25) is 9.59 Å². The fourth-order valence-corrected chi connectivity index (χ4v) is 7.90. The Hall–Kier alpha value is -4.10. The maximum atomic E-state index is 13.4. The quantitative estimate of drug-likeness (QED) is 0.0347. The minimum atomic E-state index is -3.12. The second-order valence-corrected chi connectivity index (χ2v) is 16.4. The van der Waals surface area contributed by atoms with Crippen molar-refractivity contribution in [1.82, 2.24) is 10.6 Å². The van der Waals surface area contributed by atoms with Crippen molar-refractivity contribution >= 4 is 23.9 Å². The topological polar surface area (TPSA) is 409 Å². The molecule has 3 aliphatic heterocycles. The predicted octanol–water partition coefficient (Wildman–Crippen LogP) is -3.95. The average molecular weight is 969 g/mol. The molecule has 0 saturated carbocycles. The first-order valence-corrected chi connectivity index (χ1v) is 21.7. The van der Waals surface area contributed by atoms with Crippen LogP contribution in [0, 0.1) is 0 Å². The van der Waals surface area contributed by atoms with E-state index in [-0.39, 0.29) is 36.1 Å². The zero-order chi connectivity index (χ0) is 49.6. The highest BCUT2D eigenvalue weighted by molar-refractivity contribution is 5.76. The van der Waals surface area contributed by atoms with Crippen LogP contribution in [0.1, 0.15) is 63.9 Å². The Bertz CT molecular complexity index is 1720. The van der Waals surface area contributed by atoms with Crippen molar-refractivity contribution in [3.05, 3.63) is 23.8 Å². The molecular weight excluding hydrogens is 904 g/mol. The molecule has 26 heteroatoms. The number of alkyl carbamates (subject to hydrolysis) is 1. The Labute approximate surface area is 383 Å². The van der Waals surface area contributed by atoms with E-state index in [1.807, 2.05) is 0 Å². The number of methoxy groups -OCH3 is 1. The van der Waals surface area contributed by atoms with Crippen molar-refractivity contribution in [2.75, 3.05) is 33.5 Å². The highest BCUT2D eigenvalue weighted by atomic mass is 16.8. The second kappa shape index (κ2) is 26.0. The fraction of sp³-hybridized carbons (Fsp3) is 0.756. The van der Waals surface area contributed by atoms with Crippen molar-refractivity contribution < 1.29 is 118 Å². The lowest BCUT2D eigenvalue weighted by Gasteiger charge is -2.51. The van der Waals surface area contributed by atoms with E-state index in [0.717, 1.165) is 32.3 Å².